The molecular formula is C11H23NO2. The highest BCUT2D eigenvalue weighted by Crippen LogP contribution is 2.08. The monoisotopic (exact) mass is 201 g/mol. The quantitative estimate of drug-likeness (QED) is 0.700. The zero-order valence-electron chi connectivity index (χ0n) is 10.2. The van der Waals surface area contributed by atoms with Gasteiger partial charge >= 0.3 is 6.09 Å². The van der Waals surface area contributed by atoms with E-state index in [2.05, 4.69) is 13.8 Å². The van der Waals surface area contributed by atoms with E-state index in [1.54, 1.807) is 11.9 Å². The van der Waals surface area contributed by atoms with Crippen molar-refractivity contribution in [2.45, 2.75) is 40.7 Å². The van der Waals surface area contributed by atoms with Crippen molar-refractivity contribution in [3.63, 3.8) is 0 Å². The molecule has 14 heavy (non-hydrogen) atoms. The molecule has 0 radical (unpaired) electrons. The average molecular weight is 201 g/mol. The summed E-state index contributed by atoms with van der Waals surface area (Å²) in [5, 5.41) is 0. The second-order valence-corrected chi connectivity index (χ2v) is 4.61. The Labute approximate surface area is 87.4 Å². The van der Waals surface area contributed by atoms with E-state index in [1.807, 2.05) is 20.8 Å². The topological polar surface area (TPSA) is 29.5 Å². The molecule has 1 amide bonds. The molecule has 0 aliphatic rings. The summed E-state index contributed by atoms with van der Waals surface area (Å²) in [4.78, 5) is 13.1. The van der Waals surface area contributed by atoms with E-state index in [4.69, 9.17) is 4.74 Å². The van der Waals surface area contributed by atoms with Gasteiger partial charge in [-0.1, -0.05) is 27.7 Å². The molecule has 3 nitrogen and oxygen atoms in total. The fourth-order valence-electron chi connectivity index (χ4n) is 1.01. The molecule has 0 rings (SSSR count). The summed E-state index contributed by atoms with van der Waals surface area (Å²) in [6, 6.07) is 0. The van der Waals surface area contributed by atoms with Gasteiger partial charge in [0.1, 0.15) is 6.10 Å². The molecule has 0 N–H and O–H groups in total. The Morgan fingerprint density at radius 3 is 2.07 bits per heavy atom. The van der Waals surface area contributed by atoms with Gasteiger partial charge in [0, 0.05) is 13.6 Å². The van der Waals surface area contributed by atoms with Crippen LogP contribution in [0.5, 0.6) is 0 Å². The maximum Gasteiger partial charge on any atom is 0.409 e. The molecule has 0 saturated heterocycles. The molecule has 0 aliphatic carbocycles. The minimum atomic E-state index is -0.222. The first-order valence-corrected chi connectivity index (χ1v) is 5.26. The normalized spacial score (nSPS) is 13.1. The zero-order chi connectivity index (χ0) is 11.3. The number of hydrogen-bond donors (Lipinski definition) is 0. The van der Waals surface area contributed by atoms with Gasteiger partial charge in [-0.15, -0.1) is 0 Å². The van der Waals surface area contributed by atoms with Crippen LogP contribution in [0, 0.1) is 11.8 Å². The van der Waals surface area contributed by atoms with Gasteiger partial charge in [-0.25, -0.2) is 4.79 Å². The zero-order valence-corrected chi connectivity index (χ0v) is 10.2. The summed E-state index contributed by atoms with van der Waals surface area (Å²) in [6.07, 6.45) is -0.239. The number of carbonyl (C=O) groups is 1. The van der Waals surface area contributed by atoms with Crippen LogP contribution in [-0.2, 0) is 4.74 Å². The van der Waals surface area contributed by atoms with Gasteiger partial charge in [0.2, 0.25) is 0 Å². The summed E-state index contributed by atoms with van der Waals surface area (Å²) in [7, 11) is 1.77. The lowest BCUT2D eigenvalue weighted by Crippen LogP contribution is -2.34. The van der Waals surface area contributed by atoms with E-state index in [0.717, 1.165) is 6.54 Å². The Morgan fingerprint density at radius 1 is 1.21 bits per heavy atom. The maximum atomic E-state index is 11.5. The molecule has 1 atom stereocenters. The van der Waals surface area contributed by atoms with Crippen LogP contribution in [0.4, 0.5) is 4.79 Å². The third-order valence-electron chi connectivity index (χ3n) is 2.18. The standard InChI is InChI=1S/C11H23NO2/c1-8(2)7-12(6)11(13)14-10(5)9(3)4/h8-10H,7H2,1-6H3. The maximum absolute atomic E-state index is 11.5. The SMILES string of the molecule is CC(C)CN(C)C(=O)OC(C)C(C)C. The summed E-state index contributed by atoms with van der Waals surface area (Å²) in [5.74, 6) is 0.841. The number of rotatable bonds is 4. The van der Waals surface area contributed by atoms with Crippen LogP contribution in [0.15, 0.2) is 0 Å². The smallest absolute Gasteiger partial charge is 0.409 e. The van der Waals surface area contributed by atoms with Crippen molar-refractivity contribution in [1.29, 1.82) is 0 Å². The van der Waals surface area contributed by atoms with Gasteiger partial charge < -0.3 is 9.64 Å². The van der Waals surface area contributed by atoms with Crippen molar-refractivity contribution in [3.05, 3.63) is 0 Å². The molecule has 0 saturated carbocycles. The predicted octanol–water partition coefficient (Wildman–Crippen LogP) is 2.76. The third kappa shape index (κ3) is 5.10. The molecule has 0 aromatic heterocycles. The van der Waals surface area contributed by atoms with Crippen molar-refractivity contribution < 1.29 is 9.53 Å². The van der Waals surface area contributed by atoms with E-state index in [9.17, 15) is 4.79 Å². The van der Waals surface area contributed by atoms with Gasteiger partial charge in [-0.3, -0.25) is 0 Å². The lowest BCUT2D eigenvalue weighted by molar-refractivity contribution is 0.0543. The van der Waals surface area contributed by atoms with E-state index in [1.165, 1.54) is 0 Å². The second kappa shape index (κ2) is 5.89. The molecule has 0 spiro atoms. The fourth-order valence-corrected chi connectivity index (χ4v) is 1.01. The highest BCUT2D eigenvalue weighted by Gasteiger charge is 2.16. The molecule has 0 aromatic carbocycles. The van der Waals surface area contributed by atoms with Crippen LogP contribution in [0.2, 0.25) is 0 Å². The van der Waals surface area contributed by atoms with Crippen LogP contribution < -0.4 is 0 Å². The Morgan fingerprint density at radius 2 is 1.71 bits per heavy atom. The highest BCUT2D eigenvalue weighted by molar-refractivity contribution is 5.67. The molecule has 1 unspecified atom stereocenters. The van der Waals surface area contributed by atoms with Crippen molar-refractivity contribution in [2.75, 3.05) is 13.6 Å². The van der Waals surface area contributed by atoms with Crippen LogP contribution in [0.3, 0.4) is 0 Å². The second-order valence-electron chi connectivity index (χ2n) is 4.61. The third-order valence-corrected chi connectivity index (χ3v) is 2.18. The summed E-state index contributed by atoms with van der Waals surface area (Å²) in [5.41, 5.74) is 0. The molecule has 0 heterocycles. The molecule has 84 valence electrons. The van der Waals surface area contributed by atoms with Crippen molar-refractivity contribution in [1.82, 2.24) is 4.90 Å². The fraction of sp³-hybridized carbons (Fsp3) is 0.909. The minimum Gasteiger partial charge on any atom is -0.446 e. The largest absolute Gasteiger partial charge is 0.446 e. The number of nitrogens with zero attached hydrogens (tertiary/aromatic N) is 1. The predicted molar refractivity (Wildman–Crippen MR) is 58.2 cm³/mol. The van der Waals surface area contributed by atoms with Gasteiger partial charge in [0.15, 0.2) is 0 Å². The first kappa shape index (κ1) is 13.3. The average Bonchev–Trinajstić information content (AvgIpc) is 2.02. The van der Waals surface area contributed by atoms with Crippen molar-refractivity contribution in [3.8, 4) is 0 Å². The van der Waals surface area contributed by atoms with Crippen molar-refractivity contribution in [2.24, 2.45) is 11.8 Å². The Hall–Kier alpha value is -0.730. The van der Waals surface area contributed by atoms with Gasteiger partial charge in [0.25, 0.3) is 0 Å². The molecule has 0 aliphatic heterocycles. The lowest BCUT2D eigenvalue weighted by atomic mass is 10.1. The Bertz CT molecular complexity index is 178. The molecule has 0 fully saturated rings. The molecule has 3 heteroatoms. The minimum absolute atomic E-state index is 0.0166. The summed E-state index contributed by atoms with van der Waals surface area (Å²) in [6.45, 7) is 10.9. The molecular weight excluding hydrogens is 178 g/mol. The van der Waals surface area contributed by atoms with E-state index >= 15 is 0 Å². The van der Waals surface area contributed by atoms with Gasteiger partial charge in [-0.05, 0) is 18.8 Å². The number of hydrogen-bond acceptors (Lipinski definition) is 2. The number of carbonyl (C=O) groups excluding carboxylic acids is 1. The first-order chi connectivity index (χ1) is 6.34. The van der Waals surface area contributed by atoms with Crippen LogP contribution in [-0.4, -0.2) is 30.7 Å². The van der Waals surface area contributed by atoms with Gasteiger partial charge in [-0.2, -0.15) is 0 Å². The van der Waals surface area contributed by atoms with E-state index in [0.29, 0.717) is 11.8 Å². The number of amides is 1. The highest BCUT2D eigenvalue weighted by atomic mass is 16.6. The summed E-state index contributed by atoms with van der Waals surface area (Å²) >= 11 is 0. The number of ether oxygens (including phenoxy) is 1. The molecule has 0 aromatic rings. The van der Waals surface area contributed by atoms with Crippen LogP contribution in [0.1, 0.15) is 34.6 Å². The Balaban J connectivity index is 3.95. The van der Waals surface area contributed by atoms with Crippen molar-refractivity contribution >= 4 is 6.09 Å². The first-order valence-electron chi connectivity index (χ1n) is 5.26. The van der Waals surface area contributed by atoms with Gasteiger partial charge in [0.05, 0.1) is 0 Å². The van der Waals surface area contributed by atoms with Crippen LogP contribution >= 0.6 is 0 Å². The van der Waals surface area contributed by atoms with Crippen LogP contribution in [0.25, 0.3) is 0 Å². The lowest BCUT2D eigenvalue weighted by Gasteiger charge is -2.23. The Kier molecular flexibility index (Phi) is 5.58. The van der Waals surface area contributed by atoms with E-state index in [-0.39, 0.29) is 12.2 Å². The summed E-state index contributed by atoms with van der Waals surface area (Å²) < 4.78 is 5.26. The van der Waals surface area contributed by atoms with E-state index < -0.39 is 0 Å². The molecule has 0 bridgehead atoms.